The zero-order chi connectivity index (χ0) is 12.7. The molecule has 0 heterocycles. The van der Waals surface area contributed by atoms with Gasteiger partial charge in [0.05, 0.1) is 0 Å². The molecule has 0 bridgehead atoms. The Morgan fingerprint density at radius 3 is 1.24 bits per heavy atom. The van der Waals surface area contributed by atoms with Gasteiger partial charge in [0.25, 0.3) is 0 Å². The van der Waals surface area contributed by atoms with Crippen molar-refractivity contribution in [3.8, 4) is 0 Å². The van der Waals surface area contributed by atoms with Gasteiger partial charge in [-0.15, -0.1) is 0 Å². The maximum atomic E-state index is 8.76. The van der Waals surface area contributed by atoms with Crippen LogP contribution in [-0.4, -0.2) is 117 Å². The quantitative estimate of drug-likeness (QED) is 0.211. The molecule has 0 radical (unpaired) electrons. The first-order valence-corrected chi connectivity index (χ1v) is 3.69. The predicted octanol–water partition coefficient (Wildman–Crippen LogP) is -6.23. The first-order valence-electron chi connectivity index (χ1n) is 3.69. The van der Waals surface area contributed by atoms with Crippen LogP contribution in [0.2, 0.25) is 0 Å². The van der Waals surface area contributed by atoms with Gasteiger partial charge in [0, 0.05) is 0 Å². The van der Waals surface area contributed by atoms with Crippen LogP contribution in [0.3, 0.4) is 0 Å². The molecule has 0 aliphatic heterocycles. The number of rotatable bonds is 8. The Bertz CT molecular complexity index is 174. The molecule has 0 saturated heterocycles. The van der Waals surface area contributed by atoms with E-state index < -0.39 is 36.6 Å². The Hall–Kier alpha value is 1.37. The zero-order valence-corrected chi connectivity index (χ0v) is 11.8. The molecule has 7 N–H and O–H groups in total. The predicted molar refractivity (Wildman–Crippen MR) is 56.6 cm³/mol. The Balaban J connectivity index is -0.000000375. The summed E-state index contributed by atoms with van der Waals surface area (Å²) in [6.07, 6.45) is 0. The third-order valence-corrected chi connectivity index (χ3v) is 0.931. The Morgan fingerprint density at radius 1 is 0.588 bits per heavy atom. The van der Waals surface area contributed by atoms with E-state index in [-0.39, 0.29) is 48.3 Å². The average molecular weight is 327 g/mol. The van der Waals surface area contributed by atoms with Crippen molar-refractivity contribution in [3.63, 3.8) is 0 Å². The standard InChI is InChI=1S/B5H7O11.Sr.2H/c6-1(7)13-4(12)16-5(14-2(8)9)15-3(10)11;;;/h6-12H;;;/q;+2;2*-1. The van der Waals surface area contributed by atoms with Crippen LogP contribution in [-0.2, 0) is 18.3 Å². The molecule has 0 aromatic carbocycles. The van der Waals surface area contributed by atoms with Gasteiger partial charge in [-0.2, -0.15) is 0 Å². The van der Waals surface area contributed by atoms with Crippen LogP contribution in [0.1, 0.15) is 2.85 Å². The van der Waals surface area contributed by atoms with Crippen LogP contribution in [0.25, 0.3) is 0 Å². The fraction of sp³-hybridized carbons (Fsp3) is 0. The van der Waals surface area contributed by atoms with E-state index in [1.165, 1.54) is 0 Å². The maximum Gasteiger partial charge on any atom is 2.00 e. The van der Waals surface area contributed by atoms with Crippen molar-refractivity contribution in [2.24, 2.45) is 0 Å². The molecular formula is H9B5O11Sr. The van der Waals surface area contributed by atoms with E-state index >= 15 is 0 Å². The second kappa shape index (κ2) is 11.2. The Labute approximate surface area is 137 Å². The summed E-state index contributed by atoms with van der Waals surface area (Å²) in [5.41, 5.74) is 0. The summed E-state index contributed by atoms with van der Waals surface area (Å²) in [5.74, 6) is 0. The molecule has 0 spiro atoms. The fourth-order valence-corrected chi connectivity index (χ4v) is 0.526. The topological polar surface area (TPSA) is 179 Å². The van der Waals surface area contributed by atoms with Gasteiger partial charge in [0.1, 0.15) is 0 Å². The Kier molecular flexibility index (Phi) is 13.6. The van der Waals surface area contributed by atoms with Crippen LogP contribution in [0.5, 0.6) is 0 Å². The molecule has 0 rings (SSSR count). The summed E-state index contributed by atoms with van der Waals surface area (Å²) in [6.45, 7) is 0. The molecule has 0 aromatic heterocycles. The van der Waals surface area contributed by atoms with E-state index in [4.69, 9.17) is 35.2 Å². The van der Waals surface area contributed by atoms with Gasteiger partial charge >= 0.3 is 82.1 Å². The van der Waals surface area contributed by atoms with Crippen LogP contribution in [0.4, 0.5) is 0 Å². The molecule has 0 saturated carbocycles. The molecule has 0 fully saturated rings. The summed E-state index contributed by atoms with van der Waals surface area (Å²) in [6, 6.07) is 0. The van der Waals surface area contributed by atoms with Crippen molar-refractivity contribution in [2.45, 2.75) is 0 Å². The van der Waals surface area contributed by atoms with E-state index in [1.807, 2.05) is 0 Å². The first-order chi connectivity index (χ1) is 7.31. The van der Waals surface area contributed by atoms with Crippen molar-refractivity contribution in [3.05, 3.63) is 0 Å². The van der Waals surface area contributed by atoms with Crippen molar-refractivity contribution < 1.29 is 56.3 Å². The summed E-state index contributed by atoms with van der Waals surface area (Å²) in [4.78, 5) is 0. The Morgan fingerprint density at radius 2 is 0.941 bits per heavy atom. The largest absolute Gasteiger partial charge is 2.00 e. The average Bonchev–Trinajstić information content (AvgIpc) is 1.97. The van der Waals surface area contributed by atoms with Crippen LogP contribution in [0.15, 0.2) is 0 Å². The molecule has 0 aliphatic rings. The minimum absolute atomic E-state index is 0. The minimum atomic E-state index is -2.41. The van der Waals surface area contributed by atoms with Crippen molar-refractivity contribution in [1.29, 1.82) is 0 Å². The van der Waals surface area contributed by atoms with Gasteiger partial charge in [-0.25, -0.2) is 0 Å². The summed E-state index contributed by atoms with van der Waals surface area (Å²) in [7, 11) is -11.6. The second-order valence-corrected chi connectivity index (χ2v) is 2.12. The van der Waals surface area contributed by atoms with E-state index in [0.717, 1.165) is 0 Å². The molecule has 17 heavy (non-hydrogen) atoms. The van der Waals surface area contributed by atoms with Gasteiger partial charge < -0.3 is 56.3 Å². The molecular weight excluding hydrogens is 318 g/mol. The summed E-state index contributed by atoms with van der Waals surface area (Å²) in [5, 5.41) is 58.5. The molecule has 92 valence electrons. The molecule has 11 nitrogen and oxygen atoms in total. The first kappa shape index (κ1) is 20.7. The molecule has 0 atom stereocenters. The van der Waals surface area contributed by atoms with Crippen LogP contribution >= 0.6 is 0 Å². The minimum Gasteiger partial charge on any atom is -1.00 e. The van der Waals surface area contributed by atoms with Crippen LogP contribution < -0.4 is 0 Å². The van der Waals surface area contributed by atoms with Crippen molar-refractivity contribution >= 4 is 82.1 Å². The van der Waals surface area contributed by atoms with Crippen molar-refractivity contribution in [1.82, 2.24) is 0 Å². The SMILES string of the molecule is OB(O)OB(O)OB(OB(O)O)OB(O)O.[H-].[H-].[Sr+2]. The maximum absolute atomic E-state index is 8.76. The molecule has 0 aromatic rings. The smallest absolute Gasteiger partial charge is 1.00 e. The molecule has 0 aliphatic carbocycles. The van der Waals surface area contributed by atoms with E-state index in [1.54, 1.807) is 0 Å². The summed E-state index contributed by atoms with van der Waals surface area (Å²) < 4.78 is 15.8. The third kappa shape index (κ3) is 13.6. The third-order valence-electron chi connectivity index (χ3n) is 0.931. The second-order valence-electron chi connectivity index (χ2n) is 2.12. The number of hydrogen-bond acceptors (Lipinski definition) is 11. The van der Waals surface area contributed by atoms with E-state index in [0.29, 0.717) is 0 Å². The van der Waals surface area contributed by atoms with Gasteiger partial charge in [-0.3, -0.25) is 0 Å². The monoisotopic (exact) mass is 328 g/mol. The van der Waals surface area contributed by atoms with E-state index in [2.05, 4.69) is 18.3 Å². The fourth-order valence-electron chi connectivity index (χ4n) is 0.526. The van der Waals surface area contributed by atoms with Gasteiger partial charge in [0.15, 0.2) is 0 Å². The van der Waals surface area contributed by atoms with Gasteiger partial charge in [-0.05, 0) is 0 Å². The normalized spacial score (nSPS) is 9.35. The molecule has 0 amide bonds. The summed E-state index contributed by atoms with van der Waals surface area (Å²) >= 11 is 0. The molecule has 0 unspecified atom stereocenters. The van der Waals surface area contributed by atoms with E-state index in [9.17, 15) is 0 Å². The van der Waals surface area contributed by atoms with Crippen LogP contribution in [0, 0.1) is 0 Å². The van der Waals surface area contributed by atoms with Crippen molar-refractivity contribution in [2.75, 3.05) is 0 Å². The van der Waals surface area contributed by atoms with Gasteiger partial charge in [-0.1, -0.05) is 0 Å². The zero-order valence-electron chi connectivity index (χ0n) is 10.4. The number of hydrogen-bond donors (Lipinski definition) is 7. The van der Waals surface area contributed by atoms with Gasteiger partial charge in [0.2, 0.25) is 0 Å². The molecule has 17 heteroatoms.